The molecule has 0 aliphatic rings. The standard InChI is InChI=1S/C15H19N5O/c1-4-10-13-14(19(3)18-10)20(15(16)17-13)11-8-6-7-9-12(11)21-5-2/h6-9H,4-5H2,1-3H3,(H2,16,17). The van der Waals surface area contributed by atoms with Crippen LogP contribution in [0.3, 0.4) is 0 Å². The molecule has 0 unspecified atom stereocenters. The van der Waals surface area contributed by atoms with Gasteiger partial charge in [-0.1, -0.05) is 19.1 Å². The van der Waals surface area contributed by atoms with E-state index >= 15 is 0 Å². The molecule has 21 heavy (non-hydrogen) atoms. The van der Waals surface area contributed by atoms with E-state index in [0.29, 0.717) is 12.6 Å². The summed E-state index contributed by atoms with van der Waals surface area (Å²) in [5, 5.41) is 4.51. The average molecular weight is 285 g/mol. The van der Waals surface area contributed by atoms with Crippen LogP contribution in [0, 0.1) is 0 Å². The number of nitrogen functional groups attached to an aromatic ring is 1. The number of nitrogens with zero attached hydrogens (tertiary/aromatic N) is 4. The normalized spacial score (nSPS) is 11.2. The number of anilines is 1. The number of aryl methyl sites for hydroxylation is 2. The highest BCUT2D eigenvalue weighted by molar-refractivity contribution is 5.81. The van der Waals surface area contributed by atoms with Crippen molar-refractivity contribution in [2.75, 3.05) is 12.3 Å². The Morgan fingerprint density at radius 1 is 1.24 bits per heavy atom. The number of hydrogen-bond acceptors (Lipinski definition) is 4. The molecule has 3 rings (SSSR count). The third kappa shape index (κ3) is 2.03. The summed E-state index contributed by atoms with van der Waals surface area (Å²) >= 11 is 0. The van der Waals surface area contributed by atoms with E-state index in [2.05, 4.69) is 17.0 Å². The Kier molecular flexibility index (Phi) is 3.29. The van der Waals surface area contributed by atoms with Gasteiger partial charge in [0.1, 0.15) is 11.3 Å². The molecule has 0 fully saturated rings. The molecule has 2 heterocycles. The Balaban J connectivity index is 2.30. The lowest BCUT2D eigenvalue weighted by Crippen LogP contribution is -2.07. The molecule has 0 aliphatic heterocycles. The smallest absolute Gasteiger partial charge is 0.207 e. The molecule has 2 N–H and O–H groups in total. The minimum absolute atomic E-state index is 0.444. The van der Waals surface area contributed by atoms with Crippen molar-refractivity contribution in [2.24, 2.45) is 7.05 Å². The maximum Gasteiger partial charge on any atom is 0.207 e. The number of imidazole rings is 1. The van der Waals surface area contributed by atoms with Gasteiger partial charge in [0.2, 0.25) is 5.95 Å². The molecule has 1 aromatic carbocycles. The van der Waals surface area contributed by atoms with Gasteiger partial charge in [0, 0.05) is 7.05 Å². The predicted octanol–water partition coefficient (Wildman–Crippen LogP) is 2.30. The molecule has 6 nitrogen and oxygen atoms in total. The maximum atomic E-state index is 6.14. The topological polar surface area (TPSA) is 70.9 Å². The van der Waals surface area contributed by atoms with Crippen molar-refractivity contribution < 1.29 is 4.74 Å². The van der Waals surface area contributed by atoms with Gasteiger partial charge in [0.15, 0.2) is 5.65 Å². The van der Waals surface area contributed by atoms with Gasteiger partial charge < -0.3 is 10.5 Å². The summed E-state index contributed by atoms with van der Waals surface area (Å²) in [6.07, 6.45) is 0.820. The van der Waals surface area contributed by atoms with Gasteiger partial charge >= 0.3 is 0 Å². The van der Waals surface area contributed by atoms with E-state index in [-0.39, 0.29) is 0 Å². The summed E-state index contributed by atoms with van der Waals surface area (Å²) in [5.41, 5.74) is 9.71. The van der Waals surface area contributed by atoms with E-state index in [1.54, 1.807) is 0 Å². The van der Waals surface area contributed by atoms with Crippen LogP contribution in [-0.2, 0) is 13.5 Å². The summed E-state index contributed by atoms with van der Waals surface area (Å²) < 4.78 is 9.42. The van der Waals surface area contributed by atoms with E-state index in [4.69, 9.17) is 10.5 Å². The van der Waals surface area contributed by atoms with Crippen molar-refractivity contribution >= 4 is 17.1 Å². The molecule has 110 valence electrons. The molecule has 6 heteroatoms. The summed E-state index contributed by atoms with van der Waals surface area (Å²) in [4.78, 5) is 4.48. The molecule has 0 atom stereocenters. The van der Waals surface area contributed by atoms with Crippen molar-refractivity contribution in [3.05, 3.63) is 30.0 Å². The van der Waals surface area contributed by atoms with Crippen molar-refractivity contribution in [3.63, 3.8) is 0 Å². The Morgan fingerprint density at radius 2 is 2.00 bits per heavy atom. The largest absolute Gasteiger partial charge is 0.492 e. The SMILES string of the molecule is CCOc1ccccc1-n1c(N)nc2c(CC)nn(C)c21. The first-order valence-corrected chi connectivity index (χ1v) is 7.09. The monoisotopic (exact) mass is 285 g/mol. The number of benzene rings is 1. The quantitative estimate of drug-likeness (QED) is 0.798. The summed E-state index contributed by atoms with van der Waals surface area (Å²) in [5.74, 6) is 1.23. The number of para-hydroxylation sites is 2. The lowest BCUT2D eigenvalue weighted by Gasteiger charge is -2.12. The van der Waals surface area contributed by atoms with Crippen molar-refractivity contribution in [1.82, 2.24) is 19.3 Å². The zero-order valence-electron chi connectivity index (χ0n) is 12.5. The molecular formula is C15H19N5O. The maximum absolute atomic E-state index is 6.14. The second-order valence-electron chi connectivity index (χ2n) is 4.80. The van der Waals surface area contributed by atoms with E-state index in [1.807, 2.05) is 47.5 Å². The fourth-order valence-electron chi connectivity index (χ4n) is 2.59. The fraction of sp³-hybridized carbons (Fsp3) is 0.333. The molecule has 0 saturated carbocycles. The Morgan fingerprint density at radius 3 is 2.71 bits per heavy atom. The van der Waals surface area contributed by atoms with Gasteiger partial charge in [-0.3, -0.25) is 4.57 Å². The number of hydrogen-bond donors (Lipinski definition) is 1. The lowest BCUT2D eigenvalue weighted by molar-refractivity contribution is 0.339. The van der Waals surface area contributed by atoms with Gasteiger partial charge in [0.25, 0.3) is 0 Å². The van der Waals surface area contributed by atoms with E-state index in [0.717, 1.165) is 34.7 Å². The molecule has 0 amide bonds. The van der Waals surface area contributed by atoms with Gasteiger partial charge in [-0.2, -0.15) is 5.10 Å². The van der Waals surface area contributed by atoms with Crippen LogP contribution in [0.1, 0.15) is 19.5 Å². The molecule has 0 saturated heterocycles. The third-order valence-electron chi connectivity index (χ3n) is 3.47. The van der Waals surface area contributed by atoms with Crippen LogP contribution in [-0.4, -0.2) is 25.9 Å². The Hall–Kier alpha value is -2.50. The zero-order chi connectivity index (χ0) is 15.0. The minimum atomic E-state index is 0.444. The van der Waals surface area contributed by atoms with E-state index in [1.165, 1.54) is 0 Å². The van der Waals surface area contributed by atoms with Crippen LogP contribution in [0.2, 0.25) is 0 Å². The van der Waals surface area contributed by atoms with E-state index in [9.17, 15) is 0 Å². The molecular weight excluding hydrogens is 266 g/mol. The zero-order valence-corrected chi connectivity index (χ0v) is 12.5. The first-order chi connectivity index (χ1) is 10.2. The lowest BCUT2D eigenvalue weighted by atomic mass is 10.3. The van der Waals surface area contributed by atoms with Crippen LogP contribution in [0.5, 0.6) is 5.75 Å². The van der Waals surface area contributed by atoms with Crippen LogP contribution in [0.15, 0.2) is 24.3 Å². The minimum Gasteiger partial charge on any atom is -0.492 e. The van der Waals surface area contributed by atoms with Crippen molar-refractivity contribution in [3.8, 4) is 11.4 Å². The molecule has 2 aromatic heterocycles. The van der Waals surface area contributed by atoms with Crippen LogP contribution < -0.4 is 10.5 Å². The van der Waals surface area contributed by atoms with Crippen molar-refractivity contribution in [2.45, 2.75) is 20.3 Å². The predicted molar refractivity (Wildman–Crippen MR) is 82.8 cm³/mol. The molecule has 0 spiro atoms. The van der Waals surface area contributed by atoms with Crippen LogP contribution >= 0.6 is 0 Å². The molecule has 0 aliphatic carbocycles. The average Bonchev–Trinajstić information content (AvgIpc) is 2.97. The Labute approximate surface area is 123 Å². The number of ether oxygens (including phenoxy) is 1. The van der Waals surface area contributed by atoms with Gasteiger partial charge in [-0.25, -0.2) is 9.67 Å². The third-order valence-corrected chi connectivity index (χ3v) is 3.47. The molecule has 0 bridgehead atoms. The number of nitrogens with two attached hydrogens (primary N) is 1. The fourth-order valence-corrected chi connectivity index (χ4v) is 2.59. The molecule has 3 aromatic rings. The summed E-state index contributed by atoms with van der Waals surface area (Å²) in [6.45, 7) is 4.62. The summed E-state index contributed by atoms with van der Waals surface area (Å²) in [7, 11) is 1.91. The van der Waals surface area contributed by atoms with Crippen molar-refractivity contribution in [1.29, 1.82) is 0 Å². The Bertz CT molecular complexity index is 787. The second-order valence-corrected chi connectivity index (χ2v) is 4.80. The van der Waals surface area contributed by atoms with Gasteiger partial charge in [-0.05, 0) is 25.5 Å². The van der Waals surface area contributed by atoms with Gasteiger partial charge in [0.05, 0.1) is 18.0 Å². The van der Waals surface area contributed by atoms with Crippen LogP contribution in [0.4, 0.5) is 5.95 Å². The highest BCUT2D eigenvalue weighted by atomic mass is 16.5. The van der Waals surface area contributed by atoms with Gasteiger partial charge in [-0.15, -0.1) is 0 Å². The number of rotatable bonds is 4. The first kappa shape index (κ1) is 13.5. The number of aromatic nitrogens is 4. The molecule has 0 radical (unpaired) electrons. The number of fused-ring (bicyclic) bond motifs is 1. The highest BCUT2D eigenvalue weighted by Gasteiger charge is 2.19. The van der Waals surface area contributed by atoms with E-state index < -0.39 is 0 Å². The highest BCUT2D eigenvalue weighted by Crippen LogP contribution is 2.30. The first-order valence-electron chi connectivity index (χ1n) is 7.09. The summed E-state index contributed by atoms with van der Waals surface area (Å²) in [6, 6.07) is 7.81. The van der Waals surface area contributed by atoms with Crippen LogP contribution in [0.25, 0.3) is 16.9 Å². The second kappa shape index (κ2) is 5.12.